The van der Waals surface area contributed by atoms with E-state index in [1.54, 1.807) is 18.2 Å². The molecular formula is C50H91O12P. The average Bonchev–Trinajstić information content (AvgIpc) is 3.25. The van der Waals surface area contributed by atoms with Gasteiger partial charge in [-0.3, -0.25) is 18.6 Å². The van der Waals surface area contributed by atoms with Gasteiger partial charge >= 0.3 is 19.8 Å². The third-order valence-electron chi connectivity index (χ3n) is 10.6. The maximum Gasteiger partial charge on any atom is 0.472 e. The van der Waals surface area contributed by atoms with Gasteiger partial charge in [-0.25, -0.2) is 4.57 Å². The van der Waals surface area contributed by atoms with Gasteiger partial charge in [0.05, 0.1) is 32.0 Å². The molecule has 0 rings (SSSR count). The van der Waals surface area contributed by atoms with Crippen LogP contribution in [0.2, 0.25) is 0 Å². The van der Waals surface area contributed by atoms with E-state index in [1.807, 2.05) is 30.4 Å². The maximum atomic E-state index is 12.7. The van der Waals surface area contributed by atoms with Crippen LogP contribution in [0.3, 0.4) is 0 Å². The lowest BCUT2D eigenvalue weighted by molar-refractivity contribution is -0.161. The second kappa shape index (κ2) is 43.7. The van der Waals surface area contributed by atoms with Gasteiger partial charge in [-0.15, -0.1) is 0 Å². The molecule has 0 spiro atoms. The van der Waals surface area contributed by atoms with E-state index in [9.17, 15) is 34.4 Å². The summed E-state index contributed by atoms with van der Waals surface area (Å²) < 4.78 is 32.7. The summed E-state index contributed by atoms with van der Waals surface area (Å²) in [5.41, 5.74) is 0. The lowest BCUT2D eigenvalue weighted by Gasteiger charge is -2.20. The summed E-state index contributed by atoms with van der Waals surface area (Å²) in [5.74, 6) is -0.315. The van der Waals surface area contributed by atoms with Crippen molar-refractivity contribution in [1.29, 1.82) is 0 Å². The van der Waals surface area contributed by atoms with Crippen LogP contribution in [0.15, 0.2) is 48.6 Å². The first-order valence-corrected chi connectivity index (χ1v) is 26.2. The van der Waals surface area contributed by atoms with Crippen molar-refractivity contribution in [3.05, 3.63) is 48.6 Å². The maximum absolute atomic E-state index is 12.7. The Morgan fingerprint density at radius 2 is 1.00 bits per heavy atom. The van der Waals surface area contributed by atoms with Gasteiger partial charge in [-0.05, 0) is 38.0 Å². The Kier molecular flexibility index (Phi) is 42.2. The third kappa shape index (κ3) is 44.8. The van der Waals surface area contributed by atoms with Crippen LogP contribution in [-0.2, 0) is 32.7 Å². The number of carbonyl (C=O) groups excluding carboxylic acids is 2. The molecular weight excluding hydrogens is 824 g/mol. The van der Waals surface area contributed by atoms with Crippen LogP contribution in [0.4, 0.5) is 0 Å². The van der Waals surface area contributed by atoms with Crippen LogP contribution in [0.25, 0.3) is 0 Å². The Morgan fingerprint density at radius 3 is 1.49 bits per heavy atom. The first kappa shape index (κ1) is 60.9. The van der Waals surface area contributed by atoms with Crippen molar-refractivity contribution >= 4 is 19.8 Å². The van der Waals surface area contributed by atoms with E-state index < -0.39 is 70.6 Å². The monoisotopic (exact) mass is 915 g/mol. The molecule has 5 N–H and O–H groups in total. The van der Waals surface area contributed by atoms with Gasteiger partial charge in [0.15, 0.2) is 6.10 Å². The number of esters is 2. The molecule has 0 bridgehead atoms. The summed E-state index contributed by atoms with van der Waals surface area (Å²) in [6.45, 7) is 4.39. The predicted molar refractivity (Wildman–Crippen MR) is 254 cm³/mol. The summed E-state index contributed by atoms with van der Waals surface area (Å²) in [4.78, 5) is 35.1. The van der Waals surface area contributed by atoms with E-state index in [2.05, 4.69) is 25.3 Å². The van der Waals surface area contributed by atoms with E-state index in [-0.39, 0.29) is 12.8 Å². The van der Waals surface area contributed by atoms with Crippen molar-refractivity contribution in [2.24, 2.45) is 5.92 Å². The van der Waals surface area contributed by atoms with Crippen LogP contribution in [0, 0.1) is 5.92 Å². The minimum absolute atomic E-state index is 0.00640. The van der Waals surface area contributed by atoms with Crippen molar-refractivity contribution in [1.82, 2.24) is 0 Å². The van der Waals surface area contributed by atoms with Gasteiger partial charge in [-0.2, -0.15) is 0 Å². The van der Waals surface area contributed by atoms with Gasteiger partial charge < -0.3 is 34.8 Å². The average molecular weight is 915 g/mol. The largest absolute Gasteiger partial charge is 0.472 e. The molecule has 0 aliphatic carbocycles. The second-order valence-electron chi connectivity index (χ2n) is 17.4. The summed E-state index contributed by atoms with van der Waals surface area (Å²) >= 11 is 0. The van der Waals surface area contributed by atoms with Crippen LogP contribution < -0.4 is 0 Å². The Morgan fingerprint density at radius 1 is 0.556 bits per heavy atom. The molecule has 0 radical (unpaired) electrons. The third-order valence-corrected chi connectivity index (χ3v) is 11.6. The molecule has 0 aliphatic rings. The number of hydrogen-bond donors (Lipinski definition) is 5. The van der Waals surface area contributed by atoms with Crippen molar-refractivity contribution in [3.8, 4) is 0 Å². The molecule has 0 heterocycles. The number of aliphatic hydroxyl groups is 4. The number of unbranched alkanes of at least 4 members (excludes halogenated alkanes) is 19. The molecule has 0 saturated heterocycles. The van der Waals surface area contributed by atoms with E-state index in [0.29, 0.717) is 25.7 Å². The van der Waals surface area contributed by atoms with Crippen molar-refractivity contribution < 1.29 is 58.0 Å². The van der Waals surface area contributed by atoms with Gasteiger partial charge in [0.25, 0.3) is 0 Å². The smallest absolute Gasteiger partial charge is 0.462 e. The fraction of sp³-hybridized carbons (Fsp3) is 0.800. The Balaban J connectivity index is 4.39. The number of hydrogen-bond acceptors (Lipinski definition) is 11. The van der Waals surface area contributed by atoms with E-state index in [4.69, 9.17) is 19.1 Å². The van der Waals surface area contributed by atoms with Gasteiger partial charge in [-0.1, -0.05) is 204 Å². The SMILES string of the molecule is CCCCC[C@H](O)/C=C/C=C\C/C=C\C=C\[C@H](O)CCCC(=O)OC[C@H](COP(=O)(O)OC[C@@H](O)CO)OC(=O)CCCCCCCCCCCCCCCCCCCCC(C)C. The predicted octanol–water partition coefficient (Wildman–Crippen LogP) is 11.5. The van der Waals surface area contributed by atoms with E-state index in [1.165, 1.54) is 96.3 Å². The molecule has 12 nitrogen and oxygen atoms in total. The molecule has 5 atom stereocenters. The van der Waals surface area contributed by atoms with Crippen LogP contribution in [0.1, 0.15) is 201 Å². The molecule has 13 heteroatoms. The molecule has 0 saturated carbocycles. The fourth-order valence-corrected chi connectivity index (χ4v) is 7.54. The Labute approximate surface area is 382 Å². The molecule has 0 amide bonds. The molecule has 0 fully saturated rings. The lowest BCUT2D eigenvalue weighted by Crippen LogP contribution is -2.30. The fourth-order valence-electron chi connectivity index (χ4n) is 6.75. The van der Waals surface area contributed by atoms with Crippen LogP contribution >= 0.6 is 7.82 Å². The lowest BCUT2D eigenvalue weighted by atomic mass is 10.0. The number of allylic oxidation sites excluding steroid dienone is 6. The number of phosphoric ester groups is 1. The number of aliphatic hydroxyl groups excluding tert-OH is 4. The summed E-state index contributed by atoms with van der Waals surface area (Å²) in [6, 6.07) is 0. The number of ether oxygens (including phenoxy) is 2. The number of carbonyl (C=O) groups is 2. The van der Waals surface area contributed by atoms with Crippen molar-refractivity contribution in [2.45, 2.75) is 225 Å². The zero-order valence-electron chi connectivity index (χ0n) is 39.7. The quantitative estimate of drug-likeness (QED) is 0.0168. The zero-order chi connectivity index (χ0) is 46.7. The van der Waals surface area contributed by atoms with Gasteiger partial charge in [0, 0.05) is 12.8 Å². The van der Waals surface area contributed by atoms with E-state index >= 15 is 0 Å². The standard InChI is InChI=1S/C50H91O12P/c1-4-5-27-34-45(52)35-29-24-20-18-21-25-30-36-46(53)37-32-39-49(55)59-42-48(43-61-63(57,58)60-41-47(54)40-51)62-50(56)38-31-26-22-17-15-13-11-9-7-6-8-10-12-14-16-19-23-28-33-44(2)3/h20-21,24-25,29-30,35-36,44-48,51-54H,4-19,22-23,26-28,31-34,37-43H2,1-3H3,(H,57,58)/b24-20-,25-21-,35-29+,36-30+/t45-,46-,47-,48+/m0/s1. The summed E-state index contributed by atoms with van der Waals surface area (Å²) in [6.07, 6.45) is 40.1. The molecule has 63 heavy (non-hydrogen) atoms. The molecule has 0 aromatic rings. The minimum atomic E-state index is -4.68. The summed E-state index contributed by atoms with van der Waals surface area (Å²) in [5, 5.41) is 38.5. The highest BCUT2D eigenvalue weighted by Gasteiger charge is 2.27. The van der Waals surface area contributed by atoms with Gasteiger partial charge in [0.1, 0.15) is 12.7 Å². The van der Waals surface area contributed by atoms with Crippen LogP contribution in [0.5, 0.6) is 0 Å². The highest BCUT2D eigenvalue weighted by molar-refractivity contribution is 7.47. The van der Waals surface area contributed by atoms with E-state index in [0.717, 1.165) is 50.9 Å². The molecule has 368 valence electrons. The molecule has 0 aliphatic heterocycles. The number of rotatable bonds is 45. The van der Waals surface area contributed by atoms with Gasteiger partial charge in [0.2, 0.25) is 0 Å². The highest BCUT2D eigenvalue weighted by atomic mass is 31.2. The zero-order valence-corrected chi connectivity index (χ0v) is 40.6. The molecule has 0 aromatic heterocycles. The normalized spacial score (nSPS) is 15.2. The number of phosphoric acid groups is 1. The first-order valence-electron chi connectivity index (χ1n) is 24.7. The molecule has 0 aromatic carbocycles. The summed E-state index contributed by atoms with van der Waals surface area (Å²) in [7, 11) is -4.68. The minimum Gasteiger partial charge on any atom is -0.462 e. The van der Waals surface area contributed by atoms with Crippen LogP contribution in [-0.4, -0.2) is 88.1 Å². The Bertz CT molecular complexity index is 1240. The molecule has 1 unspecified atom stereocenters. The topological polar surface area (TPSA) is 189 Å². The highest BCUT2D eigenvalue weighted by Crippen LogP contribution is 2.43. The Hall–Kier alpha value is -2.15. The first-order chi connectivity index (χ1) is 30.4. The van der Waals surface area contributed by atoms with Crippen molar-refractivity contribution in [2.75, 3.05) is 26.4 Å². The second-order valence-corrected chi connectivity index (χ2v) is 18.8. The van der Waals surface area contributed by atoms with Crippen molar-refractivity contribution in [3.63, 3.8) is 0 Å².